The van der Waals surface area contributed by atoms with Gasteiger partial charge in [-0.05, 0) is 24.6 Å². The van der Waals surface area contributed by atoms with Crippen LogP contribution in [0.4, 0.5) is 4.79 Å². The summed E-state index contributed by atoms with van der Waals surface area (Å²) in [6.07, 6.45) is 6.22. The van der Waals surface area contributed by atoms with E-state index in [0.717, 1.165) is 5.56 Å². The topological polar surface area (TPSA) is 97.5 Å². The molecule has 0 fully saturated rings. The first-order valence-corrected chi connectivity index (χ1v) is 6.29. The smallest absolute Gasteiger partial charge is 0.404 e. The zero-order valence-electron chi connectivity index (χ0n) is 11.4. The van der Waals surface area contributed by atoms with Gasteiger partial charge in [0.25, 0.3) is 0 Å². The Morgan fingerprint density at radius 3 is 3.14 bits per heavy atom. The molecule has 110 valence electrons. The first kappa shape index (κ1) is 14.6. The molecule has 2 aromatic heterocycles. The van der Waals surface area contributed by atoms with E-state index in [1.54, 1.807) is 37.7 Å². The number of nitrogens with one attached hydrogen (secondary N) is 1. The third kappa shape index (κ3) is 4.07. The van der Waals surface area contributed by atoms with Crippen LogP contribution in [0.15, 0.2) is 35.0 Å². The average molecular weight is 289 g/mol. The lowest BCUT2D eigenvalue weighted by molar-refractivity contribution is 0.194. The van der Waals surface area contributed by atoms with E-state index in [-0.39, 0.29) is 0 Å². The molecule has 2 N–H and O–H groups in total. The number of nitrogens with zero attached hydrogens (tertiary/aromatic N) is 2. The highest BCUT2D eigenvalue weighted by molar-refractivity contribution is 5.64. The lowest BCUT2D eigenvalue weighted by Gasteiger charge is -2.02. The number of rotatable bonds is 6. The molecule has 21 heavy (non-hydrogen) atoms. The molecule has 7 nitrogen and oxygen atoms in total. The molecular weight excluding hydrogens is 274 g/mol. The van der Waals surface area contributed by atoms with Gasteiger partial charge in [0.05, 0.1) is 18.9 Å². The summed E-state index contributed by atoms with van der Waals surface area (Å²) in [4.78, 5) is 18.5. The van der Waals surface area contributed by atoms with Crippen LogP contribution in [-0.2, 0) is 0 Å². The Morgan fingerprint density at radius 2 is 2.38 bits per heavy atom. The Bertz CT molecular complexity index is 637. The van der Waals surface area contributed by atoms with Gasteiger partial charge in [-0.25, -0.2) is 14.8 Å². The third-order valence-electron chi connectivity index (χ3n) is 2.60. The van der Waals surface area contributed by atoms with Crippen molar-refractivity contribution >= 4 is 12.2 Å². The molecule has 2 heterocycles. The Balaban J connectivity index is 2.01. The van der Waals surface area contributed by atoms with E-state index in [0.29, 0.717) is 30.5 Å². The summed E-state index contributed by atoms with van der Waals surface area (Å²) in [6, 6.07) is 3.62. The number of carboxylic acid groups (broad SMARTS) is 1. The molecular formula is C14H15N3O4. The summed E-state index contributed by atoms with van der Waals surface area (Å²) in [5.74, 6) is 1.46. The number of carbonyl (C=O) groups is 1. The first-order valence-electron chi connectivity index (χ1n) is 6.29. The molecule has 0 spiro atoms. The number of oxazole rings is 1. The van der Waals surface area contributed by atoms with Crippen LogP contribution in [0.3, 0.4) is 0 Å². The molecule has 0 aliphatic heterocycles. The minimum Gasteiger partial charge on any atom is -0.480 e. The summed E-state index contributed by atoms with van der Waals surface area (Å²) < 4.78 is 10.7. The zero-order valence-corrected chi connectivity index (χ0v) is 11.4. The number of pyridine rings is 1. The fourth-order valence-electron chi connectivity index (χ4n) is 1.68. The monoisotopic (exact) mass is 289 g/mol. The molecule has 1 amide bonds. The van der Waals surface area contributed by atoms with Crippen LogP contribution in [0, 0.1) is 0 Å². The third-order valence-corrected chi connectivity index (χ3v) is 2.60. The van der Waals surface area contributed by atoms with Gasteiger partial charge in [0.1, 0.15) is 0 Å². The molecule has 0 unspecified atom stereocenters. The van der Waals surface area contributed by atoms with Crippen LogP contribution < -0.4 is 10.1 Å². The van der Waals surface area contributed by atoms with Crippen molar-refractivity contribution in [3.8, 4) is 17.2 Å². The van der Waals surface area contributed by atoms with E-state index in [1.807, 2.05) is 6.07 Å². The Hall–Kier alpha value is -2.83. The minimum absolute atomic E-state index is 0.343. The molecule has 0 saturated heterocycles. The second-order valence-corrected chi connectivity index (χ2v) is 4.05. The Kier molecular flexibility index (Phi) is 4.92. The Morgan fingerprint density at radius 1 is 1.52 bits per heavy atom. The molecule has 2 aromatic rings. The van der Waals surface area contributed by atoms with Gasteiger partial charge >= 0.3 is 6.09 Å². The van der Waals surface area contributed by atoms with E-state index in [9.17, 15) is 4.79 Å². The van der Waals surface area contributed by atoms with Crippen molar-refractivity contribution in [2.45, 2.75) is 6.42 Å². The zero-order chi connectivity index (χ0) is 15.1. The van der Waals surface area contributed by atoms with Gasteiger partial charge < -0.3 is 19.6 Å². The van der Waals surface area contributed by atoms with Gasteiger partial charge in [-0.1, -0.05) is 6.08 Å². The molecule has 0 aromatic carbocycles. The molecule has 0 saturated carbocycles. The van der Waals surface area contributed by atoms with Gasteiger partial charge in [-0.2, -0.15) is 0 Å². The summed E-state index contributed by atoms with van der Waals surface area (Å²) in [5.41, 5.74) is 0.722. The SMILES string of the molecule is COc1ncccc1-c1cnc(C=CCCNC(=O)O)o1. The second kappa shape index (κ2) is 7.09. The minimum atomic E-state index is -1.04. The fraction of sp³-hybridized carbons (Fsp3) is 0.214. The van der Waals surface area contributed by atoms with Crippen LogP contribution in [0.2, 0.25) is 0 Å². The fourth-order valence-corrected chi connectivity index (χ4v) is 1.68. The van der Waals surface area contributed by atoms with E-state index < -0.39 is 6.09 Å². The maximum atomic E-state index is 10.3. The van der Waals surface area contributed by atoms with Crippen LogP contribution in [0.5, 0.6) is 5.88 Å². The van der Waals surface area contributed by atoms with Crippen LogP contribution in [0.1, 0.15) is 12.3 Å². The van der Waals surface area contributed by atoms with Gasteiger partial charge in [-0.3, -0.25) is 0 Å². The van der Waals surface area contributed by atoms with Crippen LogP contribution in [0.25, 0.3) is 17.4 Å². The molecule has 7 heteroatoms. The lowest BCUT2D eigenvalue weighted by Crippen LogP contribution is -2.21. The van der Waals surface area contributed by atoms with Crippen molar-refractivity contribution < 1.29 is 19.1 Å². The highest BCUT2D eigenvalue weighted by Crippen LogP contribution is 2.28. The standard InChI is InChI=1S/C14H15N3O4/c1-20-13-10(5-4-8-15-13)11-9-17-12(21-11)6-2-3-7-16-14(18)19/h2,4-6,8-9,16H,3,7H2,1H3,(H,18,19). The van der Waals surface area contributed by atoms with Crippen LogP contribution >= 0.6 is 0 Å². The first-order chi connectivity index (χ1) is 10.2. The second-order valence-electron chi connectivity index (χ2n) is 4.05. The Labute approximate surface area is 121 Å². The maximum absolute atomic E-state index is 10.3. The molecule has 0 atom stereocenters. The molecule has 0 bridgehead atoms. The van der Waals surface area contributed by atoms with Crippen LogP contribution in [-0.4, -0.2) is 34.8 Å². The van der Waals surface area contributed by atoms with Crippen molar-refractivity contribution in [3.05, 3.63) is 36.5 Å². The van der Waals surface area contributed by atoms with Crippen molar-refractivity contribution in [1.29, 1.82) is 0 Å². The number of methoxy groups -OCH3 is 1. The molecule has 2 rings (SSSR count). The van der Waals surface area contributed by atoms with Gasteiger partial charge in [0, 0.05) is 12.7 Å². The highest BCUT2D eigenvalue weighted by Gasteiger charge is 2.10. The number of aromatic nitrogens is 2. The summed E-state index contributed by atoms with van der Waals surface area (Å²) in [6.45, 7) is 0.343. The van der Waals surface area contributed by atoms with Crippen molar-refractivity contribution in [2.24, 2.45) is 0 Å². The predicted molar refractivity (Wildman–Crippen MR) is 76.0 cm³/mol. The molecule has 0 radical (unpaired) electrons. The lowest BCUT2D eigenvalue weighted by atomic mass is 10.2. The van der Waals surface area contributed by atoms with Gasteiger partial charge in [0.2, 0.25) is 11.8 Å². The maximum Gasteiger partial charge on any atom is 0.404 e. The van der Waals surface area contributed by atoms with Gasteiger partial charge in [0.15, 0.2) is 5.76 Å². The average Bonchev–Trinajstić information content (AvgIpc) is 2.95. The van der Waals surface area contributed by atoms with Gasteiger partial charge in [-0.15, -0.1) is 0 Å². The molecule has 0 aliphatic rings. The van der Waals surface area contributed by atoms with Crippen molar-refractivity contribution in [1.82, 2.24) is 15.3 Å². The van der Waals surface area contributed by atoms with E-state index >= 15 is 0 Å². The number of amides is 1. The molecule has 0 aliphatic carbocycles. The van der Waals surface area contributed by atoms with Crippen molar-refractivity contribution in [3.63, 3.8) is 0 Å². The van der Waals surface area contributed by atoms with E-state index in [4.69, 9.17) is 14.3 Å². The number of hydrogen-bond acceptors (Lipinski definition) is 5. The normalized spacial score (nSPS) is 10.7. The van der Waals surface area contributed by atoms with Crippen molar-refractivity contribution in [2.75, 3.05) is 13.7 Å². The number of ether oxygens (including phenoxy) is 1. The summed E-state index contributed by atoms with van der Waals surface area (Å²) in [7, 11) is 1.54. The summed E-state index contributed by atoms with van der Waals surface area (Å²) >= 11 is 0. The largest absolute Gasteiger partial charge is 0.480 e. The quantitative estimate of drug-likeness (QED) is 0.792. The predicted octanol–water partition coefficient (Wildman–Crippen LogP) is 2.42. The highest BCUT2D eigenvalue weighted by atomic mass is 16.5. The van der Waals surface area contributed by atoms with E-state index in [1.165, 1.54) is 0 Å². The van der Waals surface area contributed by atoms with E-state index in [2.05, 4.69) is 15.3 Å². The number of hydrogen-bond donors (Lipinski definition) is 2. The summed E-state index contributed by atoms with van der Waals surface area (Å²) in [5, 5.41) is 10.7.